The number of phenolic OH excluding ortho intramolecular Hbond substituents is 3. The number of aromatic hydroxyl groups is 3. The number of furan rings is 1. The molecule has 3 N–H and O–H groups in total. The van der Waals surface area contributed by atoms with E-state index in [-0.39, 0.29) is 17.2 Å². The minimum atomic E-state index is -0.221. The summed E-state index contributed by atoms with van der Waals surface area (Å²) in [5.74, 6) is 0.130. The van der Waals surface area contributed by atoms with Gasteiger partial charge in [0.1, 0.15) is 5.76 Å². The molecule has 3 rings (SSSR count). The van der Waals surface area contributed by atoms with Gasteiger partial charge in [0.25, 0.3) is 0 Å². The topological polar surface area (TPSA) is 73.8 Å². The summed E-state index contributed by atoms with van der Waals surface area (Å²) in [5, 5.41) is 29.3. The van der Waals surface area contributed by atoms with Crippen molar-refractivity contribution < 1.29 is 19.7 Å². The maximum atomic E-state index is 9.75. The molecule has 0 saturated heterocycles. The first-order valence-corrected chi connectivity index (χ1v) is 6.29. The Labute approximate surface area is 116 Å². The van der Waals surface area contributed by atoms with Crippen LogP contribution in [0.5, 0.6) is 17.2 Å². The molecule has 0 aliphatic heterocycles. The van der Waals surface area contributed by atoms with Crippen LogP contribution in [0.3, 0.4) is 0 Å². The highest BCUT2D eigenvalue weighted by Gasteiger charge is 2.13. The van der Waals surface area contributed by atoms with Gasteiger partial charge in [-0.1, -0.05) is 15.9 Å². The normalized spacial score (nSPS) is 11.0. The standard InChI is InChI=1S/C14H9BrO4/c15-9-2-4-11(17)14-8(9)6-13(19-14)7-1-3-10(16)12(18)5-7/h1-6,16-18H. The Morgan fingerprint density at radius 2 is 1.58 bits per heavy atom. The second-order valence-corrected chi connectivity index (χ2v) is 4.98. The zero-order valence-corrected chi connectivity index (χ0v) is 11.2. The molecule has 1 heterocycles. The SMILES string of the molecule is Oc1ccc(-c2cc3c(Br)ccc(O)c3o2)cc1O. The van der Waals surface area contributed by atoms with Crippen LogP contribution in [0, 0.1) is 0 Å². The smallest absolute Gasteiger partial charge is 0.177 e. The van der Waals surface area contributed by atoms with E-state index >= 15 is 0 Å². The van der Waals surface area contributed by atoms with Gasteiger partial charge in [0, 0.05) is 15.4 Å². The largest absolute Gasteiger partial charge is 0.504 e. The van der Waals surface area contributed by atoms with E-state index in [4.69, 9.17) is 4.42 Å². The molecule has 3 aromatic rings. The first-order valence-electron chi connectivity index (χ1n) is 5.49. The first-order chi connectivity index (χ1) is 9.06. The summed E-state index contributed by atoms with van der Waals surface area (Å²) in [6, 6.07) is 9.42. The molecule has 0 atom stereocenters. The molecule has 96 valence electrons. The number of rotatable bonds is 1. The Bertz CT molecular complexity index is 737. The molecule has 0 fully saturated rings. The van der Waals surface area contributed by atoms with Gasteiger partial charge in [0.15, 0.2) is 22.8 Å². The fourth-order valence-corrected chi connectivity index (χ4v) is 2.32. The third-order valence-corrected chi connectivity index (χ3v) is 3.56. The van der Waals surface area contributed by atoms with Crippen molar-refractivity contribution in [3.63, 3.8) is 0 Å². The van der Waals surface area contributed by atoms with Crippen molar-refractivity contribution in [1.29, 1.82) is 0 Å². The molecule has 0 amide bonds. The van der Waals surface area contributed by atoms with E-state index in [0.29, 0.717) is 16.9 Å². The number of halogens is 1. The van der Waals surface area contributed by atoms with Crippen LogP contribution in [0.2, 0.25) is 0 Å². The van der Waals surface area contributed by atoms with Crippen molar-refractivity contribution in [1.82, 2.24) is 0 Å². The molecule has 0 spiro atoms. The highest BCUT2D eigenvalue weighted by atomic mass is 79.9. The lowest BCUT2D eigenvalue weighted by molar-refractivity contribution is 0.404. The molecule has 0 radical (unpaired) electrons. The van der Waals surface area contributed by atoms with E-state index in [0.717, 1.165) is 9.86 Å². The number of benzene rings is 2. The van der Waals surface area contributed by atoms with E-state index in [1.165, 1.54) is 18.2 Å². The van der Waals surface area contributed by atoms with Crippen molar-refractivity contribution in [3.8, 4) is 28.6 Å². The van der Waals surface area contributed by atoms with Gasteiger partial charge in [-0.2, -0.15) is 0 Å². The van der Waals surface area contributed by atoms with Crippen LogP contribution in [0.1, 0.15) is 0 Å². The van der Waals surface area contributed by atoms with Gasteiger partial charge in [-0.15, -0.1) is 0 Å². The van der Waals surface area contributed by atoms with Crippen LogP contribution in [-0.2, 0) is 0 Å². The molecule has 19 heavy (non-hydrogen) atoms. The van der Waals surface area contributed by atoms with Crippen LogP contribution in [-0.4, -0.2) is 15.3 Å². The molecule has 1 aromatic heterocycles. The number of phenols is 3. The Morgan fingerprint density at radius 3 is 2.26 bits per heavy atom. The van der Waals surface area contributed by atoms with Crippen LogP contribution in [0.4, 0.5) is 0 Å². The fraction of sp³-hybridized carbons (Fsp3) is 0. The molecule has 0 aliphatic carbocycles. The second-order valence-electron chi connectivity index (χ2n) is 4.12. The zero-order chi connectivity index (χ0) is 13.6. The fourth-order valence-electron chi connectivity index (χ4n) is 1.90. The second kappa shape index (κ2) is 4.20. The van der Waals surface area contributed by atoms with Crippen molar-refractivity contribution in [2.24, 2.45) is 0 Å². The average Bonchev–Trinajstić information content (AvgIpc) is 2.83. The van der Waals surface area contributed by atoms with Gasteiger partial charge in [0.2, 0.25) is 0 Å². The number of hydrogen-bond donors (Lipinski definition) is 3. The minimum absolute atomic E-state index is 0.0486. The first kappa shape index (κ1) is 11.9. The predicted octanol–water partition coefficient (Wildman–Crippen LogP) is 3.98. The summed E-state index contributed by atoms with van der Waals surface area (Å²) in [5.41, 5.74) is 0.981. The van der Waals surface area contributed by atoms with Crippen molar-refractivity contribution >= 4 is 26.9 Å². The highest BCUT2D eigenvalue weighted by Crippen LogP contribution is 2.38. The maximum absolute atomic E-state index is 9.75. The summed E-state index contributed by atoms with van der Waals surface area (Å²) in [6.07, 6.45) is 0. The van der Waals surface area contributed by atoms with Gasteiger partial charge in [-0.25, -0.2) is 0 Å². The van der Waals surface area contributed by atoms with Gasteiger partial charge in [-0.3, -0.25) is 0 Å². The molecule has 4 nitrogen and oxygen atoms in total. The van der Waals surface area contributed by atoms with Crippen LogP contribution in [0.15, 0.2) is 45.3 Å². The van der Waals surface area contributed by atoms with Crippen molar-refractivity contribution in [3.05, 3.63) is 40.9 Å². The summed E-state index contributed by atoms with van der Waals surface area (Å²) < 4.78 is 6.39. The van der Waals surface area contributed by atoms with Gasteiger partial charge < -0.3 is 19.7 Å². The van der Waals surface area contributed by atoms with Crippen LogP contribution < -0.4 is 0 Å². The maximum Gasteiger partial charge on any atom is 0.177 e. The van der Waals surface area contributed by atoms with E-state index in [1.54, 1.807) is 18.2 Å². The third-order valence-electron chi connectivity index (χ3n) is 2.87. The molecule has 5 heteroatoms. The van der Waals surface area contributed by atoms with Gasteiger partial charge >= 0.3 is 0 Å². The lowest BCUT2D eigenvalue weighted by Gasteiger charge is -2.00. The van der Waals surface area contributed by atoms with Crippen LogP contribution in [0.25, 0.3) is 22.3 Å². The lowest BCUT2D eigenvalue weighted by atomic mass is 10.1. The Hall–Kier alpha value is -2.14. The minimum Gasteiger partial charge on any atom is -0.504 e. The van der Waals surface area contributed by atoms with E-state index in [2.05, 4.69) is 15.9 Å². The van der Waals surface area contributed by atoms with E-state index in [9.17, 15) is 15.3 Å². The molecular formula is C14H9BrO4. The number of hydrogen-bond acceptors (Lipinski definition) is 4. The zero-order valence-electron chi connectivity index (χ0n) is 9.59. The van der Waals surface area contributed by atoms with Gasteiger partial charge in [-0.05, 0) is 36.4 Å². The highest BCUT2D eigenvalue weighted by molar-refractivity contribution is 9.10. The lowest BCUT2D eigenvalue weighted by Crippen LogP contribution is -1.74. The van der Waals surface area contributed by atoms with E-state index in [1.807, 2.05) is 0 Å². The predicted molar refractivity (Wildman–Crippen MR) is 74.3 cm³/mol. The molecule has 2 aromatic carbocycles. The summed E-state index contributed by atoms with van der Waals surface area (Å²) in [6.45, 7) is 0. The van der Waals surface area contributed by atoms with Gasteiger partial charge in [0.05, 0.1) is 0 Å². The molecule has 0 unspecified atom stereocenters. The van der Waals surface area contributed by atoms with Crippen molar-refractivity contribution in [2.75, 3.05) is 0 Å². The van der Waals surface area contributed by atoms with E-state index < -0.39 is 0 Å². The number of fused-ring (bicyclic) bond motifs is 1. The third kappa shape index (κ3) is 1.92. The summed E-state index contributed by atoms with van der Waals surface area (Å²) in [4.78, 5) is 0. The van der Waals surface area contributed by atoms with Crippen LogP contribution >= 0.6 is 15.9 Å². The summed E-state index contributed by atoms with van der Waals surface area (Å²) in [7, 11) is 0. The average molecular weight is 321 g/mol. The molecule has 0 bridgehead atoms. The molecule has 0 aliphatic rings. The molecular weight excluding hydrogens is 312 g/mol. The molecule has 0 saturated carbocycles. The monoisotopic (exact) mass is 320 g/mol. The Kier molecular flexibility index (Phi) is 2.64. The Morgan fingerprint density at radius 1 is 0.842 bits per heavy atom. The summed E-state index contributed by atoms with van der Waals surface area (Å²) >= 11 is 3.38. The quantitative estimate of drug-likeness (QED) is 0.593. The Balaban J connectivity index is 2.23. The van der Waals surface area contributed by atoms with Crippen molar-refractivity contribution in [2.45, 2.75) is 0 Å².